The number of β-amino-alcohol motifs (C(OH)–C–C–N with tert-alkyl or cyclic N) is 1. The molecular formula is C20H37N7O2. The first-order valence-electron chi connectivity index (χ1n) is 11.0. The minimum absolute atomic E-state index is 0.347. The highest BCUT2D eigenvalue weighted by molar-refractivity contribution is 5.79. The van der Waals surface area contributed by atoms with Crippen LogP contribution in [0.2, 0.25) is 0 Å². The maximum atomic E-state index is 10.8. The Labute approximate surface area is 173 Å². The van der Waals surface area contributed by atoms with Gasteiger partial charge in [0.2, 0.25) is 0 Å². The lowest BCUT2D eigenvalue weighted by Gasteiger charge is -2.33. The molecule has 1 aromatic rings. The maximum Gasteiger partial charge on any atom is 0.191 e. The van der Waals surface area contributed by atoms with Gasteiger partial charge in [0.15, 0.2) is 5.96 Å². The van der Waals surface area contributed by atoms with Gasteiger partial charge in [-0.15, -0.1) is 10.2 Å². The first kappa shape index (κ1) is 22.0. The number of guanidine groups is 1. The number of hydrogen-bond donors (Lipinski definition) is 3. The van der Waals surface area contributed by atoms with Crippen LogP contribution in [0.5, 0.6) is 0 Å². The normalized spacial score (nSPS) is 20.6. The summed E-state index contributed by atoms with van der Waals surface area (Å²) in [5.74, 6) is 2.90. The van der Waals surface area contributed by atoms with Gasteiger partial charge >= 0.3 is 0 Å². The van der Waals surface area contributed by atoms with Gasteiger partial charge in [0, 0.05) is 52.1 Å². The van der Waals surface area contributed by atoms with Gasteiger partial charge in [-0.2, -0.15) is 0 Å². The molecule has 1 fully saturated rings. The standard InChI is InChI=1S/C20H37N7O2/c1-3-21-19(23-15-20(2,28)16-26-11-13-29-14-12-26)22-9-8-18-25-24-17-7-5-4-6-10-27(17)18/h28H,3-16H2,1-2H3,(H2,21,22,23). The molecule has 164 valence electrons. The second-order valence-electron chi connectivity index (χ2n) is 8.25. The third-order valence-electron chi connectivity index (χ3n) is 5.42. The Morgan fingerprint density at radius 1 is 1.17 bits per heavy atom. The van der Waals surface area contributed by atoms with E-state index in [1.165, 1.54) is 19.3 Å². The number of morpholine rings is 1. The van der Waals surface area contributed by atoms with Crippen LogP contribution in [0.25, 0.3) is 0 Å². The molecule has 2 aliphatic heterocycles. The van der Waals surface area contributed by atoms with E-state index in [1.807, 2.05) is 13.8 Å². The van der Waals surface area contributed by atoms with Crippen LogP contribution >= 0.6 is 0 Å². The molecule has 0 aliphatic carbocycles. The molecule has 9 nitrogen and oxygen atoms in total. The minimum Gasteiger partial charge on any atom is -0.387 e. The molecule has 2 aliphatic rings. The van der Waals surface area contributed by atoms with Gasteiger partial charge in [-0.25, -0.2) is 0 Å². The largest absolute Gasteiger partial charge is 0.387 e. The molecule has 1 saturated heterocycles. The fourth-order valence-corrected chi connectivity index (χ4v) is 3.91. The fraction of sp³-hybridized carbons (Fsp3) is 0.850. The van der Waals surface area contributed by atoms with Crippen molar-refractivity contribution >= 4 is 5.96 Å². The van der Waals surface area contributed by atoms with Crippen LogP contribution in [0.1, 0.15) is 44.8 Å². The number of aryl methyl sites for hydroxylation is 1. The van der Waals surface area contributed by atoms with Crippen molar-refractivity contribution in [3.8, 4) is 0 Å². The fourth-order valence-electron chi connectivity index (χ4n) is 3.91. The summed E-state index contributed by atoms with van der Waals surface area (Å²) in [4.78, 5) is 6.85. The molecule has 0 aromatic carbocycles. The highest BCUT2D eigenvalue weighted by atomic mass is 16.5. The Morgan fingerprint density at radius 2 is 2.00 bits per heavy atom. The van der Waals surface area contributed by atoms with Crippen LogP contribution in [-0.2, 0) is 24.1 Å². The Kier molecular flexibility index (Phi) is 8.26. The molecule has 0 spiro atoms. The number of aliphatic imine (C=N–C) groups is 1. The Morgan fingerprint density at radius 3 is 2.79 bits per heavy atom. The summed E-state index contributed by atoms with van der Waals surface area (Å²) in [6, 6.07) is 0. The van der Waals surface area contributed by atoms with Crippen molar-refractivity contribution in [1.82, 2.24) is 30.3 Å². The van der Waals surface area contributed by atoms with E-state index in [0.717, 1.165) is 76.4 Å². The van der Waals surface area contributed by atoms with Gasteiger partial charge in [-0.05, 0) is 26.7 Å². The van der Waals surface area contributed by atoms with E-state index in [9.17, 15) is 5.11 Å². The lowest BCUT2D eigenvalue weighted by Crippen LogP contribution is -2.48. The smallest absolute Gasteiger partial charge is 0.191 e. The number of fused-ring (bicyclic) bond motifs is 1. The number of hydrogen-bond acceptors (Lipinski definition) is 6. The summed E-state index contributed by atoms with van der Waals surface area (Å²) in [7, 11) is 0. The summed E-state index contributed by atoms with van der Waals surface area (Å²) in [5.41, 5.74) is -0.871. The van der Waals surface area contributed by atoms with Gasteiger partial charge in [-0.1, -0.05) is 6.42 Å². The number of nitrogens with zero attached hydrogens (tertiary/aromatic N) is 5. The molecule has 0 bridgehead atoms. The predicted octanol–water partition coefficient (Wildman–Crippen LogP) is 0.185. The van der Waals surface area contributed by atoms with Crippen LogP contribution in [0.4, 0.5) is 0 Å². The van der Waals surface area contributed by atoms with Gasteiger partial charge in [-0.3, -0.25) is 9.89 Å². The molecule has 0 radical (unpaired) electrons. The molecule has 1 atom stereocenters. The second-order valence-corrected chi connectivity index (χ2v) is 8.25. The first-order chi connectivity index (χ1) is 14.1. The Balaban J connectivity index is 1.49. The number of nitrogens with one attached hydrogen (secondary N) is 2. The molecule has 0 saturated carbocycles. The predicted molar refractivity (Wildman–Crippen MR) is 113 cm³/mol. The highest BCUT2D eigenvalue weighted by Crippen LogP contribution is 2.14. The molecule has 3 rings (SSSR count). The van der Waals surface area contributed by atoms with Gasteiger partial charge in [0.1, 0.15) is 11.6 Å². The van der Waals surface area contributed by atoms with E-state index in [-0.39, 0.29) is 0 Å². The number of ether oxygens (including phenoxy) is 1. The average Bonchev–Trinajstić information content (AvgIpc) is 2.93. The summed E-state index contributed by atoms with van der Waals surface area (Å²) in [6.45, 7) is 10.6. The summed E-state index contributed by atoms with van der Waals surface area (Å²) in [5, 5.41) is 26.1. The van der Waals surface area contributed by atoms with Crippen molar-refractivity contribution in [3.63, 3.8) is 0 Å². The van der Waals surface area contributed by atoms with E-state index in [2.05, 4.69) is 35.3 Å². The van der Waals surface area contributed by atoms with Gasteiger partial charge < -0.3 is 25.0 Å². The zero-order chi connectivity index (χ0) is 20.5. The monoisotopic (exact) mass is 407 g/mol. The number of rotatable bonds is 8. The van der Waals surface area contributed by atoms with E-state index < -0.39 is 5.60 Å². The van der Waals surface area contributed by atoms with Crippen molar-refractivity contribution in [1.29, 1.82) is 0 Å². The molecule has 3 N–H and O–H groups in total. The SMILES string of the molecule is CCNC(=NCC(C)(O)CN1CCOCC1)NCCc1nnc2n1CCCCC2. The molecule has 29 heavy (non-hydrogen) atoms. The van der Waals surface area contributed by atoms with E-state index >= 15 is 0 Å². The lowest BCUT2D eigenvalue weighted by atomic mass is 10.1. The van der Waals surface area contributed by atoms with Crippen molar-refractivity contribution in [2.45, 2.75) is 58.1 Å². The molecular weight excluding hydrogens is 370 g/mol. The summed E-state index contributed by atoms with van der Waals surface area (Å²) >= 11 is 0. The molecule has 3 heterocycles. The first-order valence-corrected chi connectivity index (χ1v) is 11.0. The van der Waals surface area contributed by atoms with E-state index in [1.54, 1.807) is 0 Å². The van der Waals surface area contributed by atoms with E-state index in [4.69, 9.17) is 4.74 Å². The quantitative estimate of drug-likeness (QED) is 0.418. The summed E-state index contributed by atoms with van der Waals surface area (Å²) < 4.78 is 7.66. The Hall–Kier alpha value is -1.71. The van der Waals surface area contributed by atoms with Crippen LogP contribution < -0.4 is 10.6 Å². The number of aliphatic hydroxyl groups is 1. The third-order valence-corrected chi connectivity index (χ3v) is 5.42. The Bertz CT molecular complexity index is 653. The average molecular weight is 408 g/mol. The zero-order valence-corrected chi connectivity index (χ0v) is 18.0. The van der Waals surface area contributed by atoms with Crippen molar-refractivity contribution < 1.29 is 9.84 Å². The van der Waals surface area contributed by atoms with Gasteiger partial charge in [0.05, 0.1) is 25.4 Å². The maximum absolute atomic E-state index is 10.8. The highest BCUT2D eigenvalue weighted by Gasteiger charge is 2.25. The van der Waals surface area contributed by atoms with Crippen LogP contribution in [0, 0.1) is 0 Å². The number of aromatic nitrogens is 3. The minimum atomic E-state index is -0.871. The van der Waals surface area contributed by atoms with Crippen LogP contribution in [0.15, 0.2) is 4.99 Å². The molecule has 0 amide bonds. The third kappa shape index (κ3) is 6.94. The second kappa shape index (κ2) is 10.9. The molecule has 1 unspecified atom stereocenters. The summed E-state index contributed by atoms with van der Waals surface area (Å²) in [6.07, 6.45) is 5.51. The van der Waals surface area contributed by atoms with Gasteiger partial charge in [0.25, 0.3) is 0 Å². The van der Waals surface area contributed by atoms with Crippen LogP contribution in [0.3, 0.4) is 0 Å². The molecule has 9 heteroatoms. The van der Waals surface area contributed by atoms with E-state index in [0.29, 0.717) is 13.1 Å². The molecule has 1 aromatic heterocycles. The van der Waals surface area contributed by atoms with Crippen LogP contribution in [-0.4, -0.2) is 88.8 Å². The van der Waals surface area contributed by atoms with Crippen molar-refractivity contribution in [3.05, 3.63) is 11.6 Å². The van der Waals surface area contributed by atoms with Crippen molar-refractivity contribution in [2.75, 3.05) is 52.5 Å². The zero-order valence-electron chi connectivity index (χ0n) is 18.0. The van der Waals surface area contributed by atoms with Crippen molar-refractivity contribution in [2.24, 2.45) is 4.99 Å². The lowest BCUT2D eigenvalue weighted by molar-refractivity contribution is -0.0179. The topological polar surface area (TPSA) is 99.8 Å².